The maximum atomic E-state index is 4.47. The van der Waals surface area contributed by atoms with E-state index in [0.717, 1.165) is 42.7 Å². The first-order chi connectivity index (χ1) is 10.2. The van der Waals surface area contributed by atoms with Gasteiger partial charge < -0.3 is 10.6 Å². The molecule has 21 heavy (non-hydrogen) atoms. The van der Waals surface area contributed by atoms with E-state index < -0.39 is 0 Å². The molecular weight excluding hydrogens is 282 g/mol. The third kappa shape index (κ3) is 4.97. The lowest BCUT2D eigenvalue weighted by molar-refractivity contribution is 0.267. The van der Waals surface area contributed by atoms with Crippen LogP contribution in [-0.2, 0) is 6.42 Å². The summed E-state index contributed by atoms with van der Waals surface area (Å²) in [6, 6.07) is 0.648. The predicted molar refractivity (Wildman–Crippen MR) is 90.2 cm³/mol. The monoisotopic (exact) mass is 309 g/mol. The van der Waals surface area contributed by atoms with Crippen LogP contribution in [0.3, 0.4) is 0 Å². The van der Waals surface area contributed by atoms with Gasteiger partial charge in [0.2, 0.25) is 0 Å². The largest absolute Gasteiger partial charge is 0.356 e. The summed E-state index contributed by atoms with van der Waals surface area (Å²) in [6.07, 6.45) is 3.54. The third-order valence-corrected chi connectivity index (χ3v) is 4.80. The van der Waals surface area contributed by atoms with E-state index in [4.69, 9.17) is 0 Å². The van der Waals surface area contributed by atoms with Crippen LogP contribution in [0.1, 0.15) is 30.5 Å². The fourth-order valence-corrected chi connectivity index (χ4v) is 3.46. The molecule has 0 radical (unpaired) electrons. The van der Waals surface area contributed by atoms with Crippen molar-refractivity contribution in [1.82, 2.24) is 20.5 Å². The zero-order valence-corrected chi connectivity index (χ0v) is 14.2. The van der Waals surface area contributed by atoms with Gasteiger partial charge in [-0.05, 0) is 32.9 Å². The molecular formula is C15H27N5S. The van der Waals surface area contributed by atoms with E-state index in [1.54, 1.807) is 11.3 Å². The number of aliphatic imine (C=N–C) groups is 1. The van der Waals surface area contributed by atoms with Crippen LogP contribution in [-0.4, -0.2) is 55.1 Å². The molecule has 2 heterocycles. The van der Waals surface area contributed by atoms with E-state index in [9.17, 15) is 0 Å². The Balaban J connectivity index is 1.68. The first-order valence-electron chi connectivity index (χ1n) is 7.82. The normalized spacial score (nSPS) is 20.0. The molecule has 1 aliphatic heterocycles. The molecule has 2 N–H and O–H groups in total. The molecule has 1 aromatic heterocycles. The fourth-order valence-electron chi connectivity index (χ4n) is 2.81. The Morgan fingerprint density at radius 2 is 2.38 bits per heavy atom. The lowest BCUT2D eigenvalue weighted by Gasteiger charge is -2.23. The van der Waals surface area contributed by atoms with Crippen molar-refractivity contribution in [3.05, 3.63) is 16.1 Å². The molecule has 0 aromatic carbocycles. The molecule has 2 rings (SSSR count). The van der Waals surface area contributed by atoms with Crippen molar-refractivity contribution >= 4 is 17.3 Å². The standard InChI is InChI=1S/C15H27N5S/c1-4-20-9-5-6-14(20)10-18-15(16-3)17-8-7-13-11-21-12(2)19-13/h11,14H,4-10H2,1-3H3,(H2,16,17,18). The maximum Gasteiger partial charge on any atom is 0.191 e. The average molecular weight is 309 g/mol. The van der Waals surface area contributed by atoms with E-state index in [1.165, 1.54) is 19.4 Å². The molecule has 0 amide bonds. The zero-order valence-electron chi connectivity index (χ0n) is 13.4. The molecule has 0 saturated carbocycles. The van der Waals surface area contributed by atoms with Crippen molar-refractivity contribution in [3.63, 3.8) is 0 Å². The summed E-state index contributed by atoms with van der Waals surface area (Å²) in [5, 5.41) is 10.1. The molecule has 118 valence electrons. The third-order valence-electron chi connectivity index (χ3n) is 3.97. The van der Waals surface area contributed by atoms with Crippen molar-refractivity contribution in [1.29, 1.82) is 0 Å². The molecule has 1 unspecified atom stereocenters. The lowest BCUT2D eigenvalue weighted by atomic mass is 10.2. The number of likely N-dealkylation sites (tertiary alicyclic amines) is 1. The second-order valence-corrected chi connectivity index (χ2v) is 6.47. The molecule has 0 aliphatic carbocycles. The molecule has 0 bridgehead atoms. The summed E-state index contributed by atoms with van der Waals surface area (Å²) < 4.78 is 0. The smallest absolute Gasteiger partial charge is 0.191 e. The average Bonchev–Trinajstić information content (AvgIpc) is 3.11. The van der Waals surface area contributed by atoms with Gasteiger partial charge >= 0.3 is 0 Å². The minimum atomic E-state index is 0.648. The minimum Gasteiger partial charge on any atom is -0.356 e. The summed E-state index contributed by atoms with van der Waals surface area (Å²) in [5.41, 5.74) is 1.16. The van der Waals surface area contributed by atoms with Gasteiger partial charge in [0.1, 0.15) is 0 Å². The molecule has 5 nitrogen and oxygen atoms in total. The molecule has 1 aromatic rings. The van der Waals surface area contributed by atoms with Crippen LogP contribution in [0.15, 0.2) is 10.4 Å². The highest BCUT2D eigenvalue weighted by atomic mass is 32.1. The van der Waals surface area contributed by atoms with Crippen LogP contribution in [0.25, 0.3) is 0 Å². The van der Waals surface area contributed by atoms with E-state index in [1.807, 2.05) is 14.0 Å². The van der Waals surface area contributed by atoms with Crippen molar-refractivity contribution < 1.29 is 0 Å². The van der Waals surface area contributed by atoms with Crippen LogP contribution in [0.2, 0.25) is 0 Å². The summed E-state index contributed by atoms with van der Waals surface area (Å²) >= 11 is 1.71. The Bertz CT molecular complexity index is 457. The molecule has 1 atom stereocenters. The van der Waals surface area contributed by atoms with Crippen LogP contribution in [0, 0.1) is 6.92 Å². The number of aryl methyl sites for hydroxylation is 1. The van der Waals surface area contributed by atoms with Gasteiger partial charge in [-0.3, -0.25) is 9.89 Å². The Labute approximate surface area is 131 Å². The van der Waals surface area contributed by atoms with E-state index in [-0.39, 0.29) is 0 Å². The highest BCUT2D eigenvalue weighted by Crippen LogP contribution is 2.15. The zero-order chi connectivity index (χ0) is 15.1. The number of rotatable bonds is 6. The summed E-state index contributed by atoms with van der Waals surface area (Å²) in [6.45, 7) is 8.50. The van der Waals surface area contributed by atoms with Gasteiger partial charge in [0.15, 0.2) is 5.96 Å². The Morgan fingerprint density at radius 3 is 3.05 bits per heavy atom. The van der Waals surface area contributed by atoms with Gasteiger partial charge in [-0.25, -0.2) is 4.98 Å². The second-order valence-electron chi connectivity index (χ2n) is 5.41. The number of thiazole rings is 1. The number of hydrogen-bond donors (Lipinski definition) is 2. The SMILES string of the molecule is CCN1CCCC1CNC(=NC)NCCc1csc(C)n1. The first-order valence-corrected chi connectivity index (χ1v) is 8.70. The van der Waals surface area contributed by atoms with Gasteiger partial charge in [-0.15, -0.1) is 11.3 Å². The maximum absolute atomic E-state index is 4.47. The van der Waals surface area contributed by atoms with Crippen LogP contribution in [0.4, 0.5) is 0 Å². The Kier molecular flexibility index (Phi) is 6.45. The van der Waals surface area contributed by atoms with Gasteiger partial charge in [0, 0.05) is 38.0 Å². The number of likely N-dealkylation sites (N-methyl/N-ethyl adjacent to an activating group) is 1. The predicted octanol–water partition coefficient (Wildman–Crippen LogP) is 1.64. The second kappa shape index (κ2) is 8.34. The first kappa shape index (κ1) is 16.2. The summed E-state index contributed by atoms with van der Waals surface area (Å²) in [7, 11) is 1.83. The van der Waals surface area contributed by atoms with Gasteiger partial charge in [-0.2, -0.15) is 0 Å². The van der Waals surface area contributed by atoms with Gasteiger partial charge in [0.25, 0.3) is 0 Å². The van der Waals surface area contributed by atoms with Gasteiger partial charge in [0.05, 0.1) is 10.7 Å². The molecule has 6 heteroatoms. The Hall–Kier alpha value is -1.14. The highest BCUT2D eigenvalue weighted by Gasteiger charge is 2.22. The van der Waals surface area contributed by atoms with Crippen LogP contribution in [0.5, 0.6) is 0 Å². The quantitative estimate of drug-likeness (QED) is 0.620. The topological polar surface area (TPSA) is 52.5 Å². The molecule has 1 saturated heterocycles. The molecule has 1 aliphatic rings. The minimum absolute atomic E-state index is 0.648. The number of aromatic nitrogens is 1. The van der Waals surface area contributed by atoms with Crippen LogP contribution >= 0.6 is 11.3 Å². The van der Waals surface area contributed by atoms with Crippen molar-refractivity contribution in [2.24, 2.45) is 4.99 Å². The van der Waals surface area contributed by atoms with Crippen molar-refractivity contribution in [3.8, 4) is 0 Å². The molecule has 1 fully saturated rings. The van der Waals surface area contributed by atoms with Gasteiger partial charge in [-0.1, -0.05) is 6.92 Å². The number of guanidine groups is 1. The number of hydrogen-bond acceptors (Lipinski definition) is 4. The number of nitrogens with one attached hydrogen (secondary N) is 2. The Morgan fingerprint density at radius 1 is 1.52 bits per heavy atom. The fraction of sp³-hybridized carbons (Fsp3) is 0.733. The summed E-state index contributed by atoms with van der Waals surface area (Å²) in [4.78, 5) is 11.3. The van der Waals surface area contributed by atoms with Crippen molar-refractivity contribution in [2.45, 2.75) is 39.2 Å². The van der Waals surface area contributed by atoms with E-state index in [0.29, 0.717) is 6.04 Å². The number of nitrogens with zero attached hydrogens (tertiary/aromatic N) is 3. The van der Waals surface area contributed by atoms with E-state index in [2.05, 4.69) is 37.8 Å². The molecule has 0 spiro atoms. The van der Waals surface area contributed by atoms with Crippen molar-refractivity contribution in [2.75, 3.05) is 33.2 Å². The van der Waals surface area contributed by atoms with E-state index >= 15 is 0 Å². The summed E-state index contributed by atoms with van der Waals surface area (Å²) in [5.74, 6) is 0.893. The highest BCUT2D eigenvalue weighted by molar-refractivity contribution is 7.09. The lowest BCUT2D eigenvalue weighted by Crippen LogP contribution is -2.45. The van der Waals surface area contributed by atoms with Crippen LogP contribution < -0.4 is 10.6 Å².